The normalized spacial score (nSPS) is 10.9. The third kappa shape index (κ3) is 5.73. The summed E-state index contributed by atoms with van der Waals surface area (Å²) in [4.78, 5) is 22.0. The molecule has 2 aromatic carbocycles. The zero-order valence-corrected chi connectivity index (χ0v) is 14.4. The van der Waals surface area contributed by atoms with E-state index in [2.05, 4.69) is 4.74 Å². The molecule has 0 heterocycles. The third-order valence-corrected chi connectivity index (χ3v) is 3.22. The highest BCUT2D eigenvalue weighted by atomic mass is 19.3. The van der Waals surface area contributed by atoms with Gasteiger partial charge in [0.05, 0.1) is 11.5 Å². The van der Waals surface area contributed by atoms with Crippen molar-refractivity contribution in [1.82, 2.24) is 0 Å². The molecule has 0 saturated heterocycles. The van der Waals surface area contributed by atoms with E-state index in [4.69, 9.17) is 9.47 Å². The first-order valence-corrected chi connectivity index (χ1v) is 7.85. The van der Waals surface area contributed by atoms with E-state index in [9.17, 15) is 28.1 Å². The highest BCUT2D eigenvalue weighted by Crippen LogP contribution is 2.31. The lowest BCUT2D eigenvalue weighted by Gasteiger charge is -2.11. The van der Waals surface area contributed by atoms with E-state index in [0.29, 0.717) is 11.6 Å². The first kappa shape index (κ1) is 20.7. The number of carbonyl (C=O) groups excluding carboxylic acids is 1. The lowest BCUT2D eigenvalue weighted by molar-refractivity contribution is -0.385. The molecule has 0 unspecified atom stereocenters. The van der Waals surface area contributed by atoms with Crippen LogP contribution in [0, 0.1) is 15.9 Å². The van der Waals surface area contributed by atoms with Crippen molar-refractivity contribution in [3.63, 3.8) is 0 Å². The van der Waals surface area contributed by atoms with Crippen LogP contribution in [0.5, 0.6) is 17.2 Å². The average Bonchev–Trinajstić information content (AvgIpc) is 2.61. The van der Waals surface area contributed by atoms with Crippen molar-refractivity contribution in [2.24, 2.45) is 0 Å². The molecule has 0 fully saturated rings. The quantitative estimate of drug-likeness (QED) is 0.216. The first-order chi connectivity index (χ1) is 13.3. The summed E-state index contributed by atoms with van der Waals surface area (Å²) >= 11 is 0. The number of esters is 1. The number of alkyl halides is 2. The second-order valence-corrected chi connectivity index (χ2v) is 5.14. The summed E-state index contributed by atoms with van der Waals surface area (Å²) in [6, 6.07) is 6.43. The summed E-state index contributed by atoms with van der Waals surface area (Å²) in [5, 5.41) is 10.9. The highest BCUT2D eigenvalue weighted by molar-refractivity contribution is 5.89. The summed E-state index contributed by atoms with van der Waals surface area (Å²) in [6.45, 7) is -1.19. The number of hydrogen-bond donors (Lipinski definition) is 0. The van der Waals surface area contributed by atoms with Gasteiger partial charge in [0.15, 0.2) is 11.5 Å². The molecule has 0 radical (unpaired) electrons. The molecule has 28 heavy (non-hydrogen) atoms. The third-order valence-electron chi connectivity index (χ3n) is 3.22. The molecule has 0 aliphatic rings. The maximum atomic E-state index is 13.2. The van der Waals surface area contributed by atoms with E-state index >= 15 is 0 Å². The molecule has 0 aromatic heterocycles. The second-order valence-electron chi connectivity index (χ2n) is 5.14. The molecule has 2 rings (SSSR count). The predicted octanol–water partition coefficient (Wildman–Crippen LogP) is 4.35. The topological polar surface area (TPSA) is 87.9 Å². The predicted molar refractivity (Wildman–Crippen MR) is 92.0 cm³/mol. The van der Waals surface area contributed by atoms with Crippen molar-refractivity contribution >= 4 is 17.7 Å². The number of nitro benzene ring substituents is 1. The smallest absolute Gasteiger partial charge is 0.387 e. The van der Waals surface area contributed by atoms with Crippen LogP contribution >= 0.6 is 0 Å². The molecule has 0 aliphatic heterocycles. The lowest BCUT2D eigenvalue weighted by atomic mass is 10.2. The molecule has 0 N–H and O–H groups in total. The second kappa shape index (κ2) is 9.40. The first-order valence-electron chi connectivity index (χ1n) is 7.85. The van der Waals surface area contributed by atoms with Crippen molar-refractivity contribution < 1.29 is 37.1 Å². The fourth-order valence-electron chi connectivity index (χ4n) is 2.12. The van der Waals surface area contributed by atoms with Crippen molar-refractivity contribution in [2.45, 2.75) is 13.5 Å². The van der Waals surface area contributed by atoms with Crippen LogP contribution in [0.25, 0.3) is 6.08 Å². The minimum atomic E-state index is -3.03. The van der Waals surface area contributed by atoms with Crippen LogP contribution in [0.15, 0.2) is 42.5 Å². The number of carbonyl (C=O) groups is 1. The fourth-order valence-corrected chi connectivity index (χ4v) is 2.12. The Labute approximate surface area is 157 Å². The summed E-state index contributed by atoms with van der Waals surface area (Å²) < 4.78 is 52.4. The molecular weight excluding hydrogens is 383 g/mol. The van der Waals surface area contributed by atoms with Crippen molar-refractivity contribution in [3.8, 4) is 17.2 Å². The van der Waals surface area contributed by atoms with Crippen LogP contribution in [-0.2, 0) is 4.79 Å². The Hall–Kier alpha value is -3.56. The number of ether oxygens (including phenoxy) is 3. The largest absolute Gasteiger partial charge is 0.490 e. The van der Waals surface area contributed by atoms with Crippen LogP contribution in [0.4, 0.5) is 18.9 Å². The van der Waals surface area contributed by atoms with Gasteiger partial charge in [0.2, 0.25) is 5.75 Å². The van der Waals surface area contributed by atoms with Gasteiger partial charge in [-0.3, -0.25) is 10.1 Å². The fraction of sp³-hybridized carbons (Fsp3) is 0.167. The molecule has 0 atom stereocenters. The summed E-state index contributed by atoms with van der Waals surface area (Å²) in [5.74, 6) is -2.49. The van der Waals surface area contributed by atoms with Gasteiger partial charge in [-0.2, -0.15) is 8.78 Å². The molecule has 7 nitrogen and oxygen atoms in total. The van der Waals surface area contributed by atoms with Crippen molar-refractivity contribution in [3.05, 3.63) is 64.0 Å². The zero-order chi connectivity index (χ0) is 20.7. The zero-order valence-electron chi connectivity index (χ0n) is 14.4. The van der Waals surface area contributed by atoms with Gasteiger partial charge in [-0.05, 0) is 36.8 Å². The Balaban J connectivity index is 2.17. The standard InChI is InChI=1S/C18H14F3NO6/c1-2-26-16-9-11(3-7-14(16)28-18(20)21)4-8-17(23)27-15-10-12(19)5-6-13(15)22(24)25/h3-10,18H,2H2,1H3. The maximum Gasteiger partial charge on any atom is 0.387 e. The molecule has 10 heteroatoms. The minimum Gasteiger partial charge on any atom is -0.490 e. The van der Waals surface area contributed by atoms with Gasteiger partial charge in [-0.15, -0.1) is 0 Å². The Morgan fingerprint density at radius 3 is 2.57 bits per heavy atom. The van der Waals surface area contributed by atoms with Gasteiger partial charge in [0.25, 0.3) is 0 Å². The molecule has 2 aromatic rings. The van der Waals surface area contributed by atoms with E-state index in [1.807, 2.05) is 0 Å². The number of nitro groups is 1. The van der Waals surface area contributed by atoms with Gasteiger partial charge < -0.3 is 14.2 Å². The Morgan fingerprint density at radius 1 is 1.18 bits per heavy atom. The van der Waals surface area contributed by atoms with E-state index in [1.54, 1.807) is 6.92 Å². The van der Waals surface area contributed by atoms with Gasteiger partial charge in [0.1, 0.15) is 5.82 Å². The van der Waals surface area contributed by atoms with Crippen LogP contribution in [0.1, 0.15) is 12.5 Å². The molecule has 0 bridgehead atoms. The SMILES string of the molecule is CCOc1cc(C=CC(=O)Oc2cc(F)ccc2[N+](=O)[O-])ccc1OC(F)F. The number of benzene rings is 2. The van der Waals surface area contributed by atoms with Gasteiger partial charge in [-0.1, -0.05) is 6.07 Å². The van der Waals surface area contributed by atoms with Crippen LogP contribution in [-0.4, -0.2) is 24.1 Å². The molecular formula is C18H14F3NO6. The number of halogens is 3. The molecule has 148 valence electrons. The van der Waals surface area contributed by atoms with Crippen molar-refractivity contribution in [2.75, 3.05) is 6.61 Å². The molecule has 0 saturated carbocycles. The average molecular weight is 397 g/mol. The van der Waals surface area contributed by atoms with Gasteiger partial charge >= 0.3 is 18.3 Å². The number of hydrogen-bond acceptors (Lipinski definition) is 6. The number of nitrogens with zero attached hydrogens (tertiary/aromatic N) is 1. The monoisotopic (exact) mass is 397 g/mol. The van der Waals surface area contributed by atoms with Crippen molar-refractivity contribution in [1.29, 1.82) is 0 Å². The molecule has 0 aliphatic carbocycles. The number of rotatable bonds is 8. The van der Waals surface area contributed by atoms with E-state index < -0.39 is 34.8 Å². The maximum absolute atomic E-state index is 13.2. The van der Waals surface area contributed by atoms with Crippen LogP contribution < -0.4 is 14.2 Å². The Morgan fingerprint density at radius 2 is 1.93 bits per heavy atom. The highest BCUT2D eigenvalue weighted by Gasteiger charge is 2.18. The van der Waals surface area contributed by atoms with Crippen LogP contribution in [0.2, 0.25) is 0 Å². The van der Waals surface area contributed by atoms with Gasteiger partial charge in [0, 0.05) is 18.2 Å². The van der Waals surface area contributed by atoms with Gasteiger partial charge in [-0.25, -0.2) is 9.18 Å². The Bertz CT molecular complexity index is 901. The van der Waals surface area contributed by atoms with E-state index in [1.165, 1.54) is 24.3 Å². The lowest BCUT2D eigenvalue weighted by Crippen LogP contribution is -2.06. The summed E-state index contributed by atoms with van der Waals surface area (Å²) in [5.41, 5.74) is -0.189. The molecule has 0 spiro atoms. The summed E-state index contributed by atoms with van der Waals surface area (Å²) in [6.07, 6.45) is 2.20. The summed E-state index contributed by atoms with van der Waals surface area (Å²) in [7, 11) is 0. The minimum absolute atomic E-state index is 0.0408. The molecule has 0 amide bonds. The van der Waals surface area contributed by atoms with Crippen LogP contribution in [0.3, 0.4) is 0 Å². The Kier molecular flexibility index (Phi) is 6.96. The van der Waals surface area contributed by atoms with E-state index in [-0.39, 0.29) is 18.1 Å². The van der Waals surface area contributed by atoms with E-state index in [0.717, 1.165) is 18.2 Å².